The molecular weight excluding hydrogens is 1270 g/mol. The Morgan fingerprint density at radius 2 is 0.475 bits per heavy atom. The zero-order chi connectivity index (χ0) is 68.9. The first-order valence-electron chi connectivity index (χ1n) is 36.4. The fourth-order valence-electron chi connectivity index (χ4n) is 14.7. The molecule has 4 fully saturated rings. The molecule has 4 aromatic heterocycles. The lowest BCUT2D eigenvalue weighted by atomic mass is 9.92. The minimum Gasteiger partial charge on any atom is -0.387 e. The maximum Gasteiger partial charge on any atom is 0.0950 e. The molecule has 8 atom stereocenters. The number of fused-ring (bicyclic) bond motifs is 4. The van der Waals surface area contributed by atoms with Crippen molar-refractivity contribution in [1.29, 1.82) is 0 Å². The second-order valence-corrected chi connectivity index (χ2v) is 27.9. The Balaban J connectivity index is 0.000000127. The number of aliphatic hydroxyl groups excluding tert-OH is 4. The maximum absolute atomic E-state index is 11.1. The lowest BCUT2D eigenvalue weighted by Gasteiger charge is -2.29. The van der Waals surface area contributed by atoms with Crippen molar-refractivity contribution < 1.29 is 20.4 Å². The van der Waals surface area contributed by atoms with E-state index in [4.69, 9.17) is 19.9 Å². The van der Waals surface area contributed by atoms with Gasteiger partial charge in [0, 0.05) is 68.0 Å². The average molecular weight is 1370 g/mol. The van der Waals surface area contributed by atoms with E-state index in [9.17, 15) is 20.4 Å². The third-order valence-electron chi connectivity index (χ3n) is 20.6. The summed E-state index contributed by atoms with van der Waals surface area (Å²) in [7, 11) is 0. The molecule has 4 aliphatic rings. The van der Waals surface area contributed by atoms with Gasteiger partial charge in [-0.1, -0.05) is 218 Å². The van der Waals surface area contributed by atoms with Crippen LogP contribution in [0.1, 0.15) is 146 Å². The number of rotatable bonds is 12. The molecule has 0 amide bonds. The monoisotopic (exact) mass is 1360 g/mol. The van der Waals surface area contributed by atoms with Crippen molar-refractivity contribution in [2.75, 3.05) is 26.2 Å². The van der Waals surface area contributed by atoms with E-state index >= 15 is 0 Å². The summed E-state index contributed by atoms with van der Waals surface area (Å²) >= 11 is 0. The van der Waals surface area contributed by atoms with E-state index in [2.05, 4.69) is 195 Å². The molecule has 13 heteroatoms. The number of hydrogen-bond donors (Lipinski definition) is 8. The van der Waals surface area contributed by atoms with Crippen LogP contribution in [-0.4, -0.2) is 90.7 Å². The number of benzene rings is 8. The molecule has 0 aliphatic carbocycles. The molecule has 12 aromatic rings. The predicted octanol–water partition coefficient (Wildman–Crippen LogP) is 18.0. The van der Waals surface area contributed by atoms with Crippen LogP contribution in [0.5, 0.6) is 0 Å². The molecule has 16 rings (SSSR count). The van der Waals surface area contributed by atoms with Crippen molar-refractivity contribution >= 4 is 56.0 Å². The SMILES string of the molecule is Cc1ccc(-c2cc([C@@H](O)[C@@H]3CCCCN3)c3ccccc3n2)cc1.Cc1ccc(-c2cc([C@@H](O)[C@H]3CCCCN3)c3ccccc3n2)cc1.Cc1ccc(-c2cc([C@H](O)[C@@H]3CCCCN3)c3ccccc3n2)cc1.Cc1ccc(-c2cc([C@H](O)[C@H]3CCCCN3)c3ccccc3n2)cc1.Cl. The minimum atomic E-state index is -0.516. The van der Waals surface area contributed by atoms with Crippen LogP contribution < -0.4 is 21.3 Å². The standard InChI is InChI=1S/4C22H24N2O.ClH/c4*1-15-9-11-16(12-10-15)21-14-18(17-6-2-3-7-19(17)24-21)22(25)20-8-4-5-13-23-20;/h4*2-3,6-7,9-12,14,20,22-23,25H,4-5,8,13H2,1H3;1H/t2*20-,22+;2*20-,22-;/m1010./s1. The number of aryl methyl sites for hydroxylation is 4. The van der Waals surface area contributed by atoms with Gasteiger partial charge in [0.25, 0.3) is 0 Å². The third-order valence-corrected chi connectivity index (χ3v) is 20.6. The van der Waals surface area contributed by atoms with Gasteiger partial charge in [-0.2, -0.15) is 0 Å². The van der Waals surface area contributed by atoms with Crippen molar-refractivity contribution in [1.82, 2.24) is 41.2 Å². The highest BCUT2D eigenvalue weighted by atomic mass is 35.5. The quantitative estimate of drug-likeness (QED) is 0.0581. The lowest BCUT2D eigenvalue weighted by molar-refractivity contribution is 0.115. The van der Waals surface area contributed by atoms with Crippen LogP contribution in [0.3, 0.4) is 0 Å². The van der Waals surface area contributed by atoms with Gasteiger partial charge in [-0.3, -0.25) is 0 Å². The van der Waals surface area contributed by atoms with Crippen LogP contribution in [0.4, 0.5) is 0 Å². The second-order valence-electron chi connectivity index (χ2n) is 27.9. The van der Waals surface area contributed by atoms with Gasteiger partial charge in [-0.05, 0) is 176 Å². The summed E-state index contributed by atoms with van der Waals surface area (Å²) in [5.74, 6) is 0. The molecule has 8 N–H and O–H groups in total. The number of aromatic nitrogens is 4. The Kier molecular flexibility index (Phi) is 24.6. The summed E-state index contributed by atoms with van der Waals surface area (Å²) in [4.78, 5) is 19.3. The van der Waals surface area contributed by atoms with E-state index in [1.807, 2.05) is 72.8 Å². The summed E-state index contributed by atoms with van der Waals surface area (Å²) in [5.41, 5.74) is 20.6. The molecule has 8 heterocycles. The third kappa shape index (κ3) is 17.6. The summed E-state index contributed by atoms with van der Waals surface area (Å²) in [6, 6.07) is 74.7. The average Bonchev–Trinajstić information content (AvgIpc) is 0.804. The molecule has 12 nitrogen and oxygen atoms in total. The van der Waals surface area contributed by atoms with E-state index in [1.165, 1.54) is 73.6 Å². The zero-order valence-corrected chi connectivity index (χ0v) is 59.5. The second kappa shape index (κ2) is 34.4. The van der Waals surface area contributed by atoms with Gasteiger partial charge in [0.05, 0.1) is 69.3 Å². The Morgan fingerprint density at radius 3 is 0.663 bits per heavy atom. The molecule has 520 valence electrons. The molecule has 0 radical (unpaired) electrons. The number of aliphatic hydroxyl groups is 4. The van der Waals surface area contributed by atoms with E-state index in [-0.39, 0.29) is 36.6 Å². The van der Waals surface area contributed by atoms with Gasteiger partial charge >= 0.3 is 0 Å². The minimum absolute atomic E-state index is 0. The largest absolute Gasteiger partial charge is 0.387 e. The summed E-state index contributed by atoms with van der Waals surface area (Å²) in [5, 5.41) is 62.3. The predicted molar refractivity (Wildman–Crippen MR) is 417 cm³/mol. The Labute approximate surface area is 601 Å². The topological polar surface area (TPSA) is 181 Å². The van der Waals surface area contributed by atoms with E-state index in [0.717, 1.165) is 163 Å². The lowest BCUT2D eigenvalue weighted by Crippen LogP contribution is -2.38. The number of nitrogens with zero attached hydrogens (tertiary/aromatic N) is 4. The van der Waals surface area contributed by atoms with E-state index in [1.54, 1.807) is 0 Å². The van der Waals surface area contributed by atoms with Crippen LogP contribution >= 0.6 is 12.4 Å². The first-order chi connectivity index (χ1) is 48.9. The number of para-hydroxylation sites is 4. The van der Waals surface area contributed by atoms with Crippen molar-refractivity contribution in [3.63, 3.8) is 0 Å². The molecular formula is C88H97ClN8O4. The molecule has 8 aromatic carbocycles. The van der Waals surface area contributed by atoms with Crippen molar-refractivity contribution in [3.8, 4) is 45.0 Å². The number of halogens is 1. The van der Waals surface area contributed by atoms with Gasteiger partial charge in [-0.15, -0.1) is 12.4 Å². The van der Waals surface area contributed by atoms with Crippen LogP contribution in [0.25, 0.3) is 88.6 Å². The normalized spacial score (nSPS) is 18.9. The van der Waals surface area contributed by atoms with Crippen molar-refractivity contribution in [2.24, 2.45) is 0 Å². The first-order valence-corrected chi connectivity index (χ1v) is 36.4. The summed E-state index contributed by atoms with van der Waals surface area (Å²) < 4.78 is 0. The van der Waals surface area contributed by atoms with Gasteiger partial charge in [0.1, 0.15) is 0 Å². The fraction of sp³-hybridized carbons (Fsp3) is 0.318. The van der Waals surface area contributed by atoms with Crippen LogP contribution in [0.2, 0.25) is 0 Å². The van der Waals surface area contributed by atoms with Crippen molar-refractivity contribution in [3.05, 3.63) is 263 Å². The Morgan fingerprint density at radius 1 is 0.277 bits per heavy atom. The van der Waals surface area contributed by atoms with Gasteiger partial charge < -0.3 is 41.7 Å². The summed E-state index contributed by atoms with van der Waals surface area (Å²) in [6.45, 7) is 12.3. The van der Waals surface area contributed by atoms with E-state index in [0.29, 0.717) is 0 Å². The van der Waals surface area contributed by atoms with Gasteiger partial charge in [0.2, 0.25) is 0 Å². The Bertz CT molecular complexity index is 4070. The zero-order valence-electron chi connectivity index (χ0n) is 58.7. The highest BCUT2D eigenvalue weighted by Gasteiger charge is 2.29. The molecule has 0 saturated carbocycles. The molecule has 0 unspecified atom stereocenters. The van der Waals surface area contributed by atoms with Gasteiger partial charge in [-0.25, -0.2) is 19.9 Å². The van der Waals surface area contributed by atoms with Gasteiger partial charge in [0.15, 0.2) is 0 Å². The van der Waals surface area contributed by atoms with Crippen LogP contribution in [0.15, 0.2) is 218 Å². The van der Waals surface area contributed by atoms with Crippen LogP contribution in [-0.2, 0) is 0 Å². The first kappa shape index (κ1) is 72.2. The highest BCUT2D eigenvalue weighted by molar-refractivity contribution is 5.89. The number of nitrogens with one attached hydrogen (secondary N) is 4. The molecule has 4 aliphatic heterocycles. The molecule has 4 saturated heterocycles. The number of hydrogen-bond acceptors (Lipinski definition) is 12. The molecule has 101 heavy (non-hydrogen) atoms. The number of piperidine rings is 4. The maximum atomic E-state index is 11.1. The van der Waals surface area contributed by atoms with E-state index < -0.39 is 24.4 Å². The smallest absolute Gasteiger partial charge is 0.0950 e. The summed E-state index contributed by atoms with van der Waals surface area (Å²) in [6.07, 6.45) is 11.4. The molecule has 0 spiro atoms. The Hall–Kier alpha value is -8.63. The number of pyridine rings is 4. The van der Waals surface area contributed by atoms with Crippen LogP contribution in [0, 0.1) is 27.7 Å². The highest BCUT2D eigenvalue weighted by Crippen LogP contribution is 2.38. The fourth-order valence-corrected chi connectivity index (χ4v) is 14.7. The van der Waals surface area contributed by atoms with Crippen molar-refractivity contribution in [2.45, 2.75) is 153 Å². The molecule has 0 bridgehead atoms.